The van der Waals surface area contributed by atoms with Crippen LogP contribution in [0.15, 0.2) is 42.5 Å². The topological polar surface area (TPSA) is 38.0 Å². The van der Waals surface area contributed by atoms with Crippen LogP contribution in [0.5, 0.6) is 0 Å². The standard InChI is InChI=1S/C18H22N2S/c1-12-5-10-16(15(11-12)17(19)21)20-14-8-6-13(7-9-14)18(2,3)4/h5-11,20H,1-4H3,(H2,19,21). The normalized spacial score (nSPS) is 11.2. The lowest BCUT2D eigenvalue weighted by Gasteiger charge is -2.19. The largest absolute Gasteiger partial charge is 0.389 e. The van der Waals surface area contributed by atoms with Crippen LogP contribution in [-0.2, 0) is 5.41 Å². The molecule has 0 unspecified atom stereocenters. The van der Waals surface area contributed by atoms with Crippen LogP contribution >= 0.6 is 12.2 Å². The van der Waals surface area contributed by atoms with E-state index in [2.05, 4.69) is 50.4 Å². The van der Waals surface area contributed by atoms with Crippen LogP contribution in [0, 0.1) is 6.92 Å². The van der Waals surface area contributed by atoms with Crippen LogP contribution < -0.4 is 11.1 Å². The highest BCUT2D eigenvalue weighted by atomic mass is 32.1. The van der Waals surface area contributed by atoms with Gasteiger partial charge < -0.3 is 11.1 Å². The monoisotopic (exact) mass is 298 g/mol. The van der Waals surface area contributed by atoms with Crippen LogP contribution in [0.4, 0.5) is 11.4 Å². The molecule has 0 atom stereocenters. The van der Waals surface area contributed by atoms with Gasteiger partial charge in [0, 0.05) is 16.9 Å². The molecule has 0 aromatic heterocycles. The zero-order chi connectivity index (χ0) is 15.6. The molecule has 2 rings (SSSR count). The summed E-state index contributed by atoms with van der Waals surface area (Å²) in [6, 6.07) is 14.5. The zero-order valence-corrected chi connectivity index (χ0v) is 13.8. The molecule has 0 aliphatic rings. The third-order valence-electron chi connectivity index (χ3n) is 3.47. The van der Waals surface area contributed by atoms with Crippen LogP contribution in [0.3, 0.4) is 0 Å². The molecule has 2 aromatic rings. The maximum Gasteiger partial charge on any atom is 0.106 e. The summed E-state index contributed by atoms with van der Waals surface area (Å²) in [6.07, 6.45) is 0. The lowest BCUT2D eigenvalue weighted by molar-refractivity contribution is 0.590. The van der Waals surface area contributed by atoms with Crippen molar-refractivity contribution in [3.8, 4) is 0 Å². The minimum absolute atomic E-state index is 0.159. The molecular weight excluding hydrogens is 276 g/mol. The molecule has 0 saturated heterocycles. The Bertz CT molecular complexity index is 652. The molecule has 2 nitrogen and oxygen atoms in total. The van der Waals surface area contributed by atoms with Crippen molar-refractivity contribution in [1.29, 1.82) is 0 Å². The number of rotatable bonds is 3. The van der Waals surface area contributed by atoms with E-state index < -0.39 is 0 Å². The number of hydrogen-bond donors (Lipinski definition) is 2. The Labute approximate surface area is 132 Å². The quantitative estimate of drug-likeness (QED) is 0.809. The second kappa shape index (κ2) is 5.86. The number of hydrogen-bond acceptors (Lipinski definition) is 2. The predicted octanol–water partition coefficient (Wildman–Crippen LogP) is 4.67. The second-order valence-electron chi connectivity index (χ2n) is 6.37. The van der Waals surface area contributed by atoms with Crippen molar-refractivity contribution < 1.29 is 0 Å². The van der Waals surface area contributed by atoms with Gasteiger partial charge in [-0.15, -0.1) is 0 Å². The van der Waals surface area contributed by atoms with Gasteiger partial charge in [-0.1, -0.05) is 56.8 Å². The second-order valence-corrected chi connectivity index (χ2v) is 6.81. The summed E-state index contributed by atoms with van der Waals surface area (Å²) in [5.41, 5.74) is 11.3. The number of anilines is 2. The van der Waals surface area contributed by atoms with Crippen LogP contribution in [-0.4, -0.2) is 4.99 Å². The molecule has 21 heavy (non-hydrogen) atoms. The SMILES string of the molecule is Cc1ccc(Nc2ccc(C(C)(C)C)cc2)c(C(N)=S)c1. The Kier molecular flexibility index (Phi) is 4.33. The number of benzene rings is 2. The van der Waals surface area contributed by atoms with Gasteiger partial charge in [-0.25, -0.2) is 0 Å². The molecule has 3 N–H and O–H groups in total. The van der Waals surface area contributed by atoms with E-state index in [0.717, 1.165) is 22.5 Å². The van der Waals surface area contributed by atoms with E-state index in [1.54, 1.807) is 0 Å². The molecule has 2 aromatic carbocycles. The third kappa shape index (κ3) is 3.82. The Morgan fingerprint density at radius 3 is 2.19 bits per heavy atom. The van der Waals surface area contributed by atoms with E-state index >= 15 is 0 Å². The molecule has 0 amide bonds. The molecular formula is C18H22N2S. The van der Waals surface area contributed by atoms with E-state index in [1.165, 1.54) is 5.56 Å². The molecule has 0 radical (unpaired) electrons. The molecule has 0 aliphatic heterocycles. The van der Waals surface area contributed by atoms with Crippen molar-refractivity contribution in [2.75, 3.05) is 5.32 Å². The maximum atomic E-state index is 5.81. The summed E-state index contributed by atoms with van der Waals surface area (Å²) in [5.74, 6) is 0. The van der Waals surface area contributed by atoms with Gasteiger partial charge in [-0.3, -0.25) is 0 Å². The van der Waals surface area contributed by atoms with E-state index in [0.29, 0.717) is 4.99 Å². The van der Waals surface area contributed by atoms with Crippen molar-refractivity contribution in [3.63, 3.8) is 0 Å². The summed E-state index contributed by atoms with van der Waals surface area (Å²) < 4.78 is 0. The Morgan fingerprint density at radius 2 is 1.67 bits per heavy atom. The van der Waals surface area contributed by atoms with Gasteiger partial charge in [-0.2, -0.15) is 0 Å². The predicted molar refractivity (Wildman–Crippen MR) is 95.5 cm³/mol. The highest BCUT2D eigenvalue weighted by Gasteiger charge is 2.13. The Morgan fingerprint density at radius 1 is 1.05 bits per heavy atom. The van der Waals surface area contributed by atoms with E-state index in [9.17, 15) is 0 Å². The van der Waals surface area contributed by atoms with Crippen molar-refractivity contribution in [1.82, 2.24) is 0 Å². The fraction of sp³-hybridized carbons (Fsp3) is 0.278. The molecule has 0 bridgehead atoms. The van der Waals surface area contributed by atoms with Gasteiger partial charge in [0.05, 0.1) is 0 Å². The maximum absolute atomic E-state index is 5.81. The first-order valence-corrected chi connectivity index (χ1v) is 7.46. The number of thiocarbonyl (C=S) groups is 1. The lowest BCUT2D eigenvalue weighted by Crippen LogP contribution is -2.12. The van der Waals surface area contributed by atoms with Gasteiger partial charge >= 0.3 is 0 Å². The molecule has 0 saturated carbocycles. The fourth-order valence-electron chi connectivity index (χ4n) is 2.18. The first-order valence-electron chi connectivity index (χ1n) is 7.05. The highest BCUT2D eigenvalue weighted by molar-refractivity contribution is 7.80. The van der Waals surface area contributed by atoms with E-state index in [4.69, 9.17) is 18.0 Å². The summed E-state index contributed by atoms with van der Waals surface area (Å²) in [7, 11) is 0. The van der Waals surface area contributed by atoms with Gasteiger partial charge in [0.1, 0.15) is 4.99 Å². The lowest BCUT2D eigenvalue weighted by atomic mass is 9.87. The van der Waals surface area contributed by atoms with E-state index in [1.807, 2.05) is 25.1 Å². The molecule has 110 valence electrons. The summed E-state index contributed by atoms with van der Waals surface area (Å²) in [5, 5.41) is 3.39. The number of nitrogens with one attached hydrogen (secondary N) is 1. The first-order chi connectivity index (χ1) is 9.77. The van der Waals surface area contributed by atoms with E-state index in [-0.39, 0.29) is 5.41 Å². The molecule has 0 heterocycles. The Balaban J connectivity index is 2.28. The number of aryl methyl sites for hydroxylation is 1. The van der Waals surface area contributed by atoms with Crippen molar-refractivity contribution >= 4 is 28.6 Å². The minimum atomic E-state index is 0.159. The van der Waals surface area contributed by atoms with Crippen molar-refractivity contribution in [2.45, 2.75) is 33.1 Å². The van der Waals surface area contributed by atoms with Gasteiger partial charge in [0.2, 0.25) is 0 Å². The summed E-state index contributed by atoms with van der Waals surface area (Å²) >= 11 is 5.13. The average molecular weight is 298 g/mol. The zero-order valence-electron chi connectivity index (χ0n) is 13.0. The fourth-order valence-corrected chi connectivity index (χ4v) is 2.35. The number of nitrogens with two attached hydrogens (primary N) is 1. The van der Waals surface area contributed by atoms with Crippen LogP contribution in [0.1, 0.15) is 37.5 Å². The molecule has 0 aliphatic carbocycles. The first kappa shape index (κ1) is 15.5. The van der Waals surface area contributed by atoms with Crippen molar-refractivity contribution in [3.05, 3.63) is 59.2 Å². The van der Waals surface area contributed by atoms with Gasteiger partial charge in [0.25, 0.3) is 0 Å². The summed E-state index contributed by atoms with van der Waals surface area (Å²) in [4.78, 5) is 0.410. The van der Waals surface area contributed by atoms with Crippen LogP contribution in [0.25, 0.3) is 0 Å². The Hall–Kier alpha value is -1.87. The molecule has 0 fully saturated rings. The molecule has 3 heteroatoms. The summed E-state index contributed by atoms with van der Waals surface area (Å²) in [6.45, 7) is 8.66. The van der Waals surface area contributed by atoms with Crippen LogP contribution in [0.2, 0.25) is 0 Å². The van der Waals surface area contributed by atoms with Crippen molar-refractivity contribution in [2.24, 2.45) is 5.73 Å². The van der Waals surface area contributed by atoms with Gasteiger partial charge in [-0.05, 0) is 42.2 Å². The minimum Gasteiger partial charge on any atom is -0.389 e. The third-order valence-corrected chi connectivity index (χ3v) is 3.69. The average Bonchev–Trinajstić information content (AvgIpc) is 2.40. The molecule has 0 spiro atoms. The smallest absolute Gasteiger partial charge is 0.106 e. The van der Waals surface area contributed by atoms with Gasteiger partial charge in [0.15, 0.2) is 0 Å². The highest BCUT2D eigenvalue weighted by Crippen LogP contribution is 2.26.